The molecule has 3 rings (SSSR count). The van der Waals surface area contributed by atoms with Crippen molar-refractivity contribution in [3.05, 3.63) is 87.9 Å². The van der Waals surface area contributed by atoms with Crippen molar-refractivity contribution < 1.29 is 23.1 Å². The van der Waals surface area contributed by atoms with Gasteiger partial charge in [0, 0.05) is 6.42 Å². The third-order valence-electron chi connectivity index (χ3n) is 4.89. The Morgan fingerprint density at radius 3 is 2.47 bits per heavy atom. The molecule has 34 heavy (non-hydrogen) atoms. The molecule has 0 spiro atoms. The van der Waals surface area contributed by atoms with Crippen molar-refractivity contribution in [1.29, 1.82) is 0 Å². The lowest BCUT2D eigenvalue weighted by Gasteiger charge is -2.18. The van der Waals surface area contributed by atoms with Crippen molar-refractivity contribution in [3.8, 4) is 11.5 Å². The number of carbonyl (C=O) groups excluding carboxylic acids is 1. The average molecular weight is 546 g/mol. The number of rotatable bonds is 9. The van der Waals surface area contributed by atoms with Crippen LogP contribution in [0.1, 0.15) is 29.2 Å². The molecule has 3 aromatic carbocycles. The van der Waals surface area contributed by atoms with Gasteiger partial charge in [-0.25, -0.2) is 18.6 Å². The number of methoxy groups -OCH3 is 1. The highest BCUT2D eigenvalue weighted by atomic mass is 79.9. The maximum Gasteiger partial charge on any atom is 0.242 e. The lowest BCUT2D eigenvalue weighted by molar-refractivity contribution is -0.121. The number of carbonyl (C=O) groups is 1. The summed E-state index contributed by atoms with van der Waals surface area (Å²) in [6, 6.07) is 17.7. The van der Waals surface area contributed by atoms with Crippen molar-refractivity contribution in [2.24, 2.45) is 5.10 Å². The van der Waals surface area contributed by atoms with Gasteiger partial charge in [0.15, 0.2) is 11.5 Å². The molecule has 0 aliphatic carbocycles. The molecule has 0 radical (unpaired) electrons. The molecule has 10 heteroatoms. The summed E-state index contributed by atoms with van der Waals surface area (Å²) < 4.78 is 34.0. The maximum absolute atomic E-state index is 12.9. The summed E-state index contributed by atoms with van der Waals surface area (Å²) in [6.07, 6.45) is 1.22. The first-order valence-electron chi connectivity index (χ1n) is 10.2. The van der Waals surface area contributed by atoms with E-state index in [-0.39, 0.29) is 22.8 Å². The minimum absolute atomic E-state index is 0.0461. The van der Waals surface area contributed by atoms with Crippen molar-refractivity contribution in [2.45, 2.75) is 24.3 Å². The van der Waals surface area contributed by atoms with Gasteiger partial charge in [-0.3, -0.25) is 4.79 Å². The number of hydrazone groups is 1. The molecule has 0 unspecified atom stereocenters. The van der Waals surface area contributed by atoms with E-state index in [0.717, 1.165) is 5.56 Å². The molecule has 0 saturated carbocycles. The number of nitrogens with one attached hydrogen (secondary N) is 2. The summed E-state index contributed by atoms with van der Waals surface area (Å²) in [4.78, 5) is 12.7. The van der Waals surface area contributed by atoms with Crippen LogP contribution in [0, 0.1) is 6.92 Å². The number of nitrogens with zero attached hydrogens (tertiary/aromatic N) is 1. The van der Waals surface area contributed by atoms with Crippen LogP contribution in [0.5, 0.6) is 11.5 Å². The second-order valence-electron chi connectivity index (χ2n) is 7.45. The van der Waals surface area contributed by atoms with E-state index in [1.165, 1.54) is 25.5 Å². The highest BCUT2D eigenvalue weighted by Gasteiger charge is 2.23. The lowest BCUT2D eigenvalue weighted by Crippen LogP contribution is -2.32. The molecular weight excluding hydrogens is 522 g/mol. The molecule has 0 aromatic heterocycles. The van der Waals surface area contributed by atoms with Crippen molar-refractivity contribution in [2.75, 3.05) is 7.11 Å². The molecule has 0 bridgehead atoms. The third-order valence-corrected chi connectivity index (χ3v) is 6.99. The Balaban J connectivity index is 1.74. The van der Waals surface area contributed by atoms with Crippen LogP contribution in [0.15, 0.2) is 81.2 Å². The van der Waals surface area contributed by atoms with E-state index >= 15 is 0 Å². The topological polar surface area (TPSA) is 117 Å². The summed E-state index contributed by atoms with van der Waals surface area (Å²) in [7, 11) is -2.44. The number of ether oxygens (including phenoxy) is 1. The number of benzene rings is 3. The Labute approximate surface area is 206 Å². The fraction of sp³-hybridized carbons (Fsp3) is 0.167. The van der Waals surface area contributed by atoms with Crippen LogP contribution in [0.4, 0.5) is 0 Å². The quantitative estimate of drug-likeness (QED) is 0.277. The van der Waals surface area contributed by atoms with Gasteiger partial charge in [0.25, 0.3) is 0 Å². The molecule has 0 aliphatic heterocycles. The molecule has 3 N–H and O–H groups in total. The van der Waals surface area contributed by atoms with Crippen molar-refractivity contribution >= 4 is 38.1 Å². The summed E-state index contributed by atoms with van der Waals surface area (Å²) >= 11 is 3.22. The van der Waals surface area contributed by atoms with Crippen LogP contribution >= 0.6 is 15.9 Å². The van der Waals surface area contributed by atoms with E-state index in [1.807, 2.05) is 13.0 Å². The van der Waals surface area contributed by atoms with E-state index in [2.05, 4.69) is 31.2 Å². The number of aromatic hydroxyl groups is 1. The largest absolute Gasteiger partial charge is 0.503 e. The predicted molar refractivity (Wildman–Crippen MR) is 133 cm³/mol. The molecule has 0 saturated heterocycles. The summed E-state index contributed by atoms with van der Waals surface area (Å²) in [6.45, 7) is 1.87. The first-order valence-corrected chi connectivity index (χ1v) is 12.5. The first kappa shape index (κ1) is 25.4. The van der Waals surface area contributed by atoms with Gasteiger partial charge in [-0.15, -0.1) is 0 Å². The second kappa shape index (κ2) is 11.3. The molecule has 8 nitrogen and oxygen atoms in total. The minimum atomic E-state index is -3.86. The molecular formula is C24H24BrN3O5S. The number of aryl methyl sites for hydroxylation is 1. The smallest absolute Gasteiger partial charge is 0.242 e. The maximum atomic E-state index is 12.9. The van der Waals surface area contributed by atoms with E-state index in [0.29, 0.717) is 15.6 Å². The summed E-state index contributed by atoms with van der Waals surface area (Å²) in [5.74, 6) is -0.284. The van der Waals surface area contributed by atoms with E-state index in [1.54, 1.807) is 48.5 Å². The third kappa shape index (κ3) is 6.66. The van der Waals surface area contributed by atoms with Crippen LogP contribution < -0.4 is 14.9 Å². The molecule has 0 heterocycles. The summed E-state index contributed by atoms with van der Waals surface area (Å²) in [5.41, 5.74) is 4.57. The number of phenols is 1. The number of amides is 1. The van der Waals surface area contributed by atoms with Crippen LogP contribution in [-0.2, 0) is 14.8 Å². The highest BCUT2D eigenvalue weighted by Crippen LogP contribution is 2.34. The fourth-order valence-corrected chi connectivity index (χ4v) is 4.80. The van der Waals surface area contributed by atoms with Gasteiger partial charge in [-0.05, 0) is 58.2 Å². The monoisotopic (exact) mass is 545 g/mol. The highest BCUT2D eigenvalue weighted by molar-refractivity contribution is 9.10. The molecule has 1 amide bonds. The van der Waals surface area contributed by atoms with Crippen molar-refractivity contribution in [3.63, 3.8) is 0 Å². The average Bonchev–Trinajstić information content (AvgIpc) is 2.81. The Hall–Kier alpha value is -3.21. The van der Waals surface area contributed by atoms with Gasteiger partial charge < -0.3 is 9.84 Å². The Morgan fingerprint density at radius 2 is 1.82 bits per heavy atom. The first-order chi connectivity index (χ1) is 16.2. The molecule has 1 atom stereocenters. The minimum Gasteiger partial charge on any atom is -0.503 e. The molecule has 0 aliphatic rings. The van der Waals surface area contributed by atoms with Crippen LogP contribution in [0.25, 0.3) is 0 Å². The normalized spacial score (nSPS) is 12.4. The van der Waals surface area contributed by atoms with Gasteiger partial charge in [-0.2, -0.15) is 5.10 Å². The van der Waals surface area contributed by atoms with Gasteiger partial charge in [-0.1, -0.05) is 48.0 Å². The SMILES string of the molecule is COc1cc(/C=N\NC(=O)C[C@H](NS(=O)(=O)c2ccc(C)cc2)c2ccccc2)cc(Br)c1O. The van der Waals surface area contributed by atoms with Gasteiger partial charge >= 0.3 is 0 Å². The Bertz CT molecular complexity index is 1280. The zero-order valence-electron chi connectivity index (χ0n) is 18.5. The molecule has 3 aromatic rings. The molecule has 178 valence electrons. The fourth-order valence-electron chi connectivity index (χ4n) is 3.12. The van der Waals surface area contributed by atoms with E-state index in [4.69, 9.17) is 4.74 Å². The number of sulfonamides is 1. The second-order valence-corrected chi connectivity index (χ2v) is 10.0. The number of phenolic OH excluding ortho intramolecular Hbond substituents is 1. The summed E-state index contributed by atoms with van der Waals surface area (Å²) in [5, 5.41) is 13.8. The zero-order chi connectivity index (χ0) is 24.7. The van der Waals surface area contributed by atoms with E-state index in [9.17, 15) is 18.3 Å². The molecule has 0 fully saturated rings. The predicted octanol–water partition coefficient (Wildman–Crippen LogP) is 4.03. The van der Waals surface area contributed by atoms with Crippen molar-refractivity contribution in [1.82, 2.24) is 10.1 Å². The van der Waals surface area contributed by atoms with Gasteiger partial charge in [0.2, 0.25) is 15.9 Å². The number of halogens is 1. The number of hydrogen-bond acceptors (Lipinski definition) is 6. The van der Waals surface area contributed by atoms with Crippen LogP contribution in [0.3, 0.4) is 0 Å². The Morgan fingerprint density at radius 1 is 1.15 bits per heavy atom. The lowest BCUT2D eigenvalue weighted by atomic mass is 10.0. The van der Waals surface area contributed by atoms with Crippen LogP contribution in [0.2, 0.25) is 0 Å². The van der Waals surface area contributed by atoms with Crippen LogP contribution in [-0.4, -0.2) is 32.8 Å². The van der Waals surface area contributed by atoms with E-state index < -0.39 is 22.0 Å². The standard InChI is InChI=1S/C24H24BrN3O5S/c1-16-8-10-19(11-9-16)34(31,32)28-21(18-6-4-3-5-7-18)14-23(29)27-26-15-17-12-20(25)24(30)22(13-17)33-2/h3-13,15,21,28,30H,14H2,1-2H3,(H,27,29)/b26-15-/t21-/m0/s1. The number of hydrogen-bond donors (Lipinski definition) is 3. The zero-order valence-corrected chi connectivity index (χ0v) is 20.9. The Kier molecular flexibility index (Phi) is 8.43. The van der Waals surface area contributed by atoms with Gasteiger partial charge in [0.1, 0.15) is 0 Å². The van der Waals surface area contributed by atoms with Gasteiger partial charge in [0.05, 0.1) is 28.7 Å².